The van der Waals surface area contributed by atoms with Crippen LogP contribution in [-0.4, -0.2) is 18.0 Å². The van der Waals surface area contributed by atoms with Crippen LogP contribution in [0.1, 0.15) is 17.5 Å². The number of halogens is 2. The van der Waals surface area contributed by atoms with Gasteiger partial charge in [0.2, 0.25) is 0 Å². The lowest BCUT2D eigenvalue weighted by Gasteiger charge is -2.12. The molecule has 132 valence electrons. The third-order valence-corrected chi connectivity index (χ3v) is 4.28. The summed E-state index contributed by atoms with van der Waals surface area (Å²) in [6.45, 7) is 0.388. The maximum Gasteiger partial charge on any atom is 0.307 e. The Bertz CT molecular complexity index is 735. The van der Waals surface area contributed by atoms with E-state index in [4.69, 9.17) is 26.3 Å². The van der Waals surface area contributed by atoms with E-state index < -0.39 is 5.38 Å². The van der Waals surface area contributed by atoms with Crippen molar-refractivity contribution >= 4 is 40.2 Å². The standard InChI is InChI=1S/C18H15ClINO3.H3N/c19-15(9-18(22)24-11-13-4-2-1-3-5-13)12-23-17-8-14(10-21)6-7-16(17)20;/h1-8,15H,9,11-12H2;1H3/t15-;/m1./s1. The lowest BCUT2D eigenvalue weighted by Crippen LogP contribution is -2.18. The summed E-state index contributed by atoms with van der Waals surface area (Å²) < 4.78 is 11.7. The summed E-state index contributed by atoms with van der Waals surface area (Å²) in [6, 6.07) is 16.7. The van der Waals surface area contributed by atoms with Crippen LogP contribution in [0.4, 0.5) is 0 Å². The zero-order chi connectivity index (χ0) is 17.4. The fourth-order valence-electron chi connectivity index (χ4n) is 1.90. The van der Waals surface area contributed by atoms with E-state index in [9.17, 15) is 4.79 Å². The second-order valence-electron chi connectivity index (χ2n) is 5.02. The fourth-order valence-corrected chi connectivity index (χ4v) is 2.58. The molecule has 0 amide bonds. The number of rotatable bonds is 7. The van der Waals surface area contributed by atoms with Crippen LogP contribution in [0.15, 0.2) is 48.5 Å². The second kappa shape index (κ2) is 10.9. The molecule has 3 N–H and O–H groups in total. The molecule has 0 bridgehead atoms. The van der Waals surface area contributed by atoms with Gasteiger partial charge in [-0.1, -0.05) is 30.3 Å². The van der Waals surface area contributed by atoms with Crippen molar-refractivity contribution in [2.24, 2.45) is 0 Å². The quantitative estimate of drug-likeness (QED) is 0.365. The van der Waals surface area contributed by atoms with E-state index in [2.05, 4.69) is 28.7 Å². The molecule has 0 aromatic heterocycles. The first-order valence-electron chi connectivity index (χ1n) is 7.24. The first-order chi connectivity index (χ1) is 11.6. The van der Waals surface area contributed by atoms with Gasteiger partial charge in [-0.3, -0.25) is 4.79 Å². The van der Waals surface area contributed by atoms with Crippen molar-refractivity contribution in [1.29, 1.82) is 5.26 Å². The summed E-state index contributed by atoms with van der Waals surface area (Å²) in [5.41, 5.74) is 1.44. The molecule has 0 unspecified atom stereocenters. The molecule has 0 aliphatic rings. The molecule has 2 rings (SSSR count). The van der Waals surface area contributed by atoms with Crippen LogP contribution >= 0.6 is 34.2 Å². The number of nitrogens with zero attached hydrogens (tertiary/aromatic N) is 1. The van der Waals surface area contributed by atoms with Gasteiger partial charge < -0.3 is 15.6 Å². The van der Waals surface area contributed by atoms with E-state index >= 15 is 0 Å². The fraction of sp³-hybridized carbons (Fsp3) is 0.222. The minimum Gasteiger partial charge on any atom is -0.491 e. The lowest BCUT2D eigenvalue weighted by atomic mass is 10.2. The Morgan fingerprint density at radius 3 is 2.64 bits per heavy atom. The number of nitriles is 1. The molecule has 0 radical (unpaired) electrons. The van der Waals surface area contributed by atoms with E-state index in [1.807, 2.05) is 30.3 Å². The average Bonchev–Trinajstić information content (AvgIpc) is 2.60. The molecule has 0 saturated heterocycles. The van der Waals surface area contributed by atoms with Crippen LogP contribution in [0.2, 0.25) is 0 Å². The molecular formula is C18H18ClIN2O3. The molecule has 0 aliphatic carbocycles. The van der Waals surface area contributed by atoms with Crippen LogP contribution in [-0.2, 0) is 16.1 Å². The number of ether oxygens (including phenoxy) is 2. The lowest BCUT2D eigenvalue weighted by molar-refractivity contribution is -0.145. The van der Waals surface area contributed by atoms with Gasteiger partial charge in [0, 0.05) is 0 Å². The van der Waals surface area contributed by atoms with Gasteiger partial charge in [-0.25, -0.2) is 0 Å². The van der Waals surface area contributed by atoms with E-state index in [1.165, 1.54) is 0 Å². The van der Waals surface area contributed by atoms with E-state index in [0.29, 0.717) is 11.3 Å². The van der Waals surface area contributed by atoms with Crippen molar-refractivity contribution in [1.82, 2.24) is 6.15 Å². The van der Waals surface area contributed by atoms with Crippen molar-refractivity contribution in [3.05, 3.63) is 63.2 Å². The first kappa shape index (κ1) is 21.2. The predicted molar refractivity (Wildman–Crippen MR) is 105 cm³/mol. The van der Waals surface area contributed by atoms with Crippen molar-refractivity contribution < 1.29 is 14.3 Å². The van der Waals surface area contributed by atoms with Gasteiger partial charge in [-0.15, -0.1) is 11.6 Å². The molecule has 7 heteroatoms. The molecule has 0 aliphatic heterocycles. The summed E-state index contributed by atoms with van der Waals surface area (Å²) in [5, 5.41) is 8.40. The number of benzene rings is 2. The van der Waals surface area contributed by atoms with Gasteiger partial charge in [-0.05, 0) is 46.4 Å². The third-order valence-electron chi connectivity index (χ3n) is 3.11. The highest BCUT2D eigenvalue weighted by Crippen LogP contribution is 2.23. The van der Waals surface area contributed by atoms with Crippen LogP contribution in [0.3, 0.4) is 0 Å². The normalized spacial score (nSPS) is 10.9. The SMILES string of the molecule is N.N#Cc1ccc(I)c(OC[C@H](Cl)CC(=O)OCc2ccccc2)c1. The highest BCUT2D eigenvalue weighted by molar-refractivity contribution is 14.1. The number of carbonyl (C=O) groups is 1. The molecule has 1 atom stereocenters. The number of alkyl halides is 1. The topological polar surface area (TPSA) is 94.3 Å². The van der Waals surface area contributed by atoms with E-state index in [-0.39, 0.29) is 31.8 Å². The van der Waals surface area contributed by atoms with Crippen molar-refractivity contribution in [2.45, 2.75) is 18.4 Å². The van der Waals surface area contributed by atoms with Gasteiger partial charge in [0.25, 0.3) is 0 Å². The Hall–Kier alpha value is -1.82. The predicted octanol–water partition coefficient (Wildman–Crippen LogP) is 4.44. The van der Waals surface area contributed by atoms with Crippen molar-refractivity contribution in [2.75, 3.05) is 6.61 Å². The summed E-state index contributed by atoms with van der Waals surface area (Å²) >= 11 is 8.26. The molecular weight excluding hydrogens is 455 g/mol. The van der Waals surface area contributed by atoms with E-state index in [0.717, 1.165) is 9.13 Å². The number of carbonyl (C=O) groups excluding carboxylic acids is 1. The van der Waals surface area contributed by atoms with Gasteiger partial charge in [0.15, 0.2) is 0 Å². The van der Waals surface area contributed by atoms with Gasteiger partial charge in [-0.2, -0.15) is 5.26 Å². The monoisotopic (exact) mass is 472 g/mol. The minimum absolute atomic E-state index is 0. The maximum atomic E-state index is 11.8. The summed E-state index contributed by atoms with van der Waals surface area (Å²) in [5.74, 6) is 0.209. The molecule has 5 nitrogen and oxygen atoms in total. The van der Waals surface area contributed by atoms with E-state index in [1.54, 1.807) is 18.2 Å². The Morgan fingerprint density at radius 2 is 1.96 bits per heavy atom. The largest absolute Gasteiger partial charge is 0.491 e. The number of hydrogen-bond acceptors (Lipinski definition) is 5. The Morgan fingerprint density at radius 1 is 1.24 bits per heavy atom. The summed E-state index contributed by atoms with van der Waals surface area (Å²) in [7, 11) is 0. The molecule has 0 spiro atoms. The van der Waals surface area contributed by atoms with Crippen LogP contribution in [0.5, 0.6) is 5.75 Å². The minimum atomic E-state index is -0.505. The van der Waals surface area contributed by atoms with Crippen LogP contribution < -0.4 is 10.9 Å². The molecule has 2 aromatic rings. The molecule has 0 saturated carbocycles. The van der Waals surface area contributed by atoms with Gasteiger partial charge >= 0.3 is 5.97 Å². The smallest absolute Gasteiger partial charge is 0.307 e. The zero-order valence-corrected chi connectivity index (χ0v) is 16.4. The second-order valence-corrected chi connectivity index (χ2v) is 6.80. The number of hydrogen-bond donors (Lipinski definition) is 1. The highest BCUT2D eigenvalue weighted by atomic mass is 127. The Balaban J connectivity index is 0.00000312. The van der Waals surface area contributed by atoms with Crippen LogP contribution in [0, 0.1) is 14.9 Å². The summed E-state index contributed by atoms with van der Waals surface area (Å²) in [6.07, 6.45) is 0.0584. The molecule has 25 heavy (non-hydrogen) atoms. The van der Waals surface area contributed by atoms with Crippen molar-refractivity contribution in [3.8, 4) is 11.8 Å². The average molecular weight is 473 g/mol. The molecule has 0 fully saturated rings. The van der Waals surface area contributed by atoms with Crippen LogP contribution in [0.25, 0.3) is 0 Å². The summed E-state index contributed by atoms with van der Waals surface area (Å²) in [4.78, 5) is 11.8. The Kier molecular flexibility index (Phi) is 9.27. The molecule has 2 aromatic carbocycles. The maximum absolute atomic E-state index is 11.8. The van der Waals surface area contributed by atoms with Gasteiger partial charge in [0.1, 0.15) is 19.0 Å². The Labute approximate surface area is 165 Å². The third kappa shape index (κ3) is 7.30. The molecule has 0 heterocycles. The van der Waals surface area contributed by atoms with Crippen molar-refractivity contribution in [3.63, 3.8) is 0 Å². The van der Waals surface area contributed by atoms with Gasteiger partial charge in [0.05, 0.1) is 27.0 Å². The zero-order valence-electron chi connectivity index (χ0n) is 13.5. The first-order valence-corrected chi connectivity index (χ1v) is 8.76. The number of esters is 1. The highest BCUT2D eigenvalue weighted by Gasteiger charge is 2.14.